The lowest BCUT2D eigenvalue weighted by atomic mass is 10.1. The van der Waals surface area contributed by atoms with Crippen molar-refractivity contribution in [3.8, 4) is 0 Å². The molecule has 0 aliphatic carbocycles. The Bertz CT molecular complexity index is 359. The topological polar surface area (TPSA) is 67.2 Å². The molecule has 0 aromatic heterocycles. The zero-order valence-electron chi connectivity index (χ0n) is 17.5. The van der Waals surface area contributed by atoms with Crippen molar-refractivity contribution in [2.45, 2.75) is 84.0 Å². The van der Waals surface area contributed by atoms with Gasteiger partial charge in [0.25, 0.3) is 0 Å². The molecule has 160 valence electrons. The van der Waals surface area contributed by atoms with Gasteiger partial charge >= 0.3 is 0 Å². The zero-order chi connectivity index (χ0) is 19.1. The van der Waals surface area contributed by atoms with Crippen molar-refractivity contribution in [2.75, 3.05) is 26.2 Å². The van der Waals surface area contributed by atoms with Crippen LogP contribution in [0.1, 0.15) is 84.0 Å². The second kappa shape index (κ2) is 25.2. The van der Waals surface area contributed by atoms with Gasteiger partial charge in [-0.3, -0.25) is 4.79 Å². The van der Waals surface area contributed by atoms with Gasteiger partial charge in [-0.2, -0.15) is 0 Å². The summed E-state index contributed by atoms with van der Waals surface area (Å²) in [6.07, 6.45) is 23.2. The Morgan fingerprint density at radius 2 is 1.44 bits per heavy atom. The third kappa shape index (κ3) is 25.2. The lowest BCUT2D eigenvalue weighted by molar-refractivity contribution is -0.121. The van der Waals surface area contributed by atoms with E-state index in [9.17, 15) is 4.79 Å². The van der Waals surface area contributed by atoms with Gasteiger partial charge in [-0.05, 0) is 38.5 Å². The van der Waals surface area contributed by atoms with Gasteiger partial charge in [0.15, 0.2) is 0 Å². The van der Waals surface area contributed by atoms with Crippen LogP contribution in [-0.4, -0.2) is 32.1 Å². The number of halogens is 1. The molecule has 0 spiro atoms. The Morgan fingerprint density at radius 3 is 2.11 bits per heavy atom. The van der Waals surface area contributed by atoms with Crippen molar-refractivity contribution in [3.05, 3.63) is 24.3 Å². The van der Waals surface area contributed by atoms with Crippen LogP contribution in [0.25, 0.3) is 0 Å². The molecule has 0 radical (unpaired) electrons. The molecule has 0 saturated heterocycles. The number of rotatable bonds is 19. The third-order valence-corrected chi connectivity index (χ3v) is 4.30. The highest BCUT2D eigenvalue weighted by molar-refractivity contribution is 5.85. The Balaban J connectivity index is 0. The SMILES string of the molecule is CCCCC/C=C/C/C=C/CCCCCCCC(=O)NCCNCCN.Cl. The fraction of sp³-hybridized carbons (Fsp3) is 0.773. The molecule has 27 heavy (non-hydrogen) atoms. The summed E-state index contributed by atoms with van der Waals surface area (Å²) in [5.41, 5.74) is 5.38. The lowest BCUT2D eigenvalue weighted by Crippen LogP contribution is -2.33. The highest BCUT2D eigenvalue weighted by atomic mass is 35.5. The molecule has 0 fully saturated rings. The average molecular weight is 402 g/mol. The van der Waals surface area contributed by atoms with Crippen molar-refractivity contribution in [3.63, 3.8) is 0 Å². The maximum absolute atomic E-state index is 11.6. The summed E-state index contributed by atoms with van der Waals surface area (Å²) in [6, 6.07) is 0. The van der Waals surface area contributed by atoms with Gasteiger partial charge < -0.3 is 16.4 Å². The van der Waals surface area contributed by atoms with Crippen molar-refractivity contribution < 1.29 is 4.79 Å². The molecule has 4 N–H and O–H groups in total. The maximum atomic E-state index is 11.6. The molecule has 5 heteroatoms. The number of carbonyl (C=O) groups is 1. The molecule has 0 aliphatic rings. The fourth-order valence-electron chi connectivity index (χ4n) is 2.70. The normalized spacial score (nSPS) is 11.2. The quantitative estimate of drug-likeness (QED) is 0.213. The number of amides is 1. The number of nitrogens with two attached hydrogens (primary N) is 1. The number of carbonyl (C=O) groups excluding carboxylic acids is 1. The number of hydrogen-bond acceptors (Lipinski definition) is 3. The minimum Gasteiger partial charge on any atom is -0.355 e. The molecule has 0 unspecified atom stereocenters. The molecular weight excluding hydrogens is 358 g/mol. The molecule has 0 aromatic carbocycles. The average Bonchev–Trinajstić information content (AvgIpc) is 2.64. The van der Waals surface area contributed by atoms with E-state index in [1.54, 1.807) is 0 Å². The van der Waals surface area contributed by atoms with E-state index in [1.807, 2.05) is 0 Å². The fourth-order valence-corrected chi connectivity index (χ4v) is 2.70. The van der Waals surface area contributed by atoms with Crippen LogP contribution in [-0.2, 0) is 4.79 Å². The van der Waals surface area contributed by atoms with Gasteiger partial charge in [-0.15, -0.1) is 12.4 Å². The molecule has 0 aromatic rings. The van der Waals surface area contributed by atoms with Crippen molar-refractivity contribution in [1.82, 2.24) is 10.6 Å². The molecule has 0 rings (SSSR count). The molecule has 0 saturated carbocycles. The van der Waals surface area contributed by atoms with Crippen molar-refractivity contribution in [1.29, 1.82) is 0 Å². The minimum absolute atomic E-state index is 0. The lowest BCUT2D eigenvalue weighted by Gasteiger charge is -2.06. The monoisotopic (exact) mass is 401 g/mol. The molecule has 0 heterocycles. The van der Waals surface area contributed by atoms with E-state index >= 15 is 0 Å². The summed E-state index contributed by atoms with van der Waals surface area (Å²) < 4.78 is 0. The molecule has 0 bridgehead atoms. The summed E-state index contributed by atoms with van der Waals surface area (Å²) in [5.74, 6) is 0.172. The van der Waals surface area contributed by atoms with E-state index in [0.717, 1.165) is 32.4 Å². The van der Waals surface area contributed by atoms with E-state index in [-0.39, 0.29) is 18.3 Å². The summed E-state index contributed by atoms with van der Waals surface area (Å²) in [4.78, 5) is 11.6. The van der Waals surface area contributed by atoms with Gasteiger partial charge in [0.05, 0.1) is 0 Å². The number of nitrogens with one attached hydrogen (secondary N) is 2. The Kier molecular flexibility index (Phi) is 26.4. The molecule has 0 atom stereocenters. The van der Waals surface area contributed by atoms with E-state index in [1.165, 1.54) is 51.4 Å². The van der Waals surface area contributed by atoms with Crippen LogP contribution in [0.15, 0.2) is 24.3 Å². The highest BCUT2D eigenvalue weighted by Crippen LogP contribution is 2.08. The Labute approximate surface area is 174 Å². The van der Waals surface area contributed by atoms with E-state index < -0.39 is 0 Å². The van der Waals surface area contributed by atoms with Crippen LogP contribution in [0.5, 0.6) is 0 Å². The molecular formula is C22H44ClN3O. The maximum Gasteiger partial charge on any atom is 0.220 e. The number of unbranched alkanes of at least 4 members (excludes halogenated alkanes) is 8. The summed E-state index contributed by atoms with van der Waals surface area (Å²) >= 11 is 0. The van der Waals surface area contributed by atoms with Crippen LogP contribution < -0.4 is 16.4 Å². The van der Waals surface area contributed by atoms with Crippen LogP contribution in [0.3, 0.4) is 0 Å². The van der Waals surface area contributed by atoms with Gasteiger partial charge in [0.1, 0.15) is 0 Å². The van der Waals surface area contributed by atoms with Crippen LogP contribution in [0.2, 0.25) is 0 Å². The molecule has 1 amide bonds. The van der Waals surface area contributed by atoms with Gasteiger partial charge in [0.2, 0.25) is 5.91 Å². The Hall–Kier alpha value is -0.840. The predicted molar refractivity (Wildman–Crippen MR) is 122 cm³/mol. The van der Waals surface area contributed by atoms with Crippen LogP contribution in [0.4, 0.5) is 0 Å². The number of hydrogen-bond donors (Lipinski definition) is 3. The van der Waals surface area contributed by atoms with Crippen molar-refractivity contribution >= 4 is 18.3 Å². The standard InChI is InChI=1S/C22H43N3O.ClH/c1-2-3-4-5-6-7-8-9-10-11-12-13-14-15-16-17-22(26)25-21-20-24-19-18-23;/h6-7,9-10,24H,2-5,8,11-21,23H2,1H3,(H,25,26);1H/b7-6+,10-9+;. The largest absolute Gasteiger partial charge is 0.355 e. The summed E-state index contributed by atoms with van der Waals surface area (Å²) in [7, 11) is 0. The first-order valence-electron chi connectivity index (χ1n) is 10.8. The third-order valence-electron chi connectivity index (χ3n) is 4.30. The van der Waals surface area contributed by atoms with Gasteiger partial charge in [-0.1, -0.05) is 63.3 Å². The smallest absolute Gasteiger partial charge is 0.220 e. The first kappa shape index (κ1) is 28.4. The summed E-state index contributed by atoms with van der Waals surface area (Å²) in [5, 5.41) is 6.10. The first-order valence-corrected chi connectivity index (χ1v) is 10.8. The zero-order valence-corrected chi connectivity index (χ0v) is 18.3. The van der Waals surface area contributed by atoms with E-state index in [4.69, 9.17) is 5.73 Å². The Morgan fingerprint density at radius 1 is 0.815 bits per heavy atom. The predicted octanol–water partition coefficient (Wildman–Crippen LogP) is 4.89. The van der Waals surface area contributed by atoms with Crippen molar-refractivity contribution in [2.24, 2.45) is 5.73 Å². The van der Waals surface area contributed by atoms with Crippen LogP contribution in [0, 0.1) is 0 Å². The van der Waals surface area contributed by atoms with Crippen LogP contribution >= 0.6 is 12.4 Å². The second-order valence-corrected chi connectivity index (χ2v) is 6.87. The summed E-state index contributed by atoms with van der Waals surface area (Å²) in [6.45, 7) is 5.18. The molecule has 0 aliphatic heterocycles. The van der Waals surface area contributed by atoms with Gasteiger partial charge in [-0.25, -0.2) is 0 Å². The molecule has 4 nitrogen and oxygen atoms in total. The first-order chi connectivity index (χ1) is 12.8. The van der Waals surface area contributed by atoms with E-state index in [0.29, 0.717) is 19.5 Å². The van der Waals surface area contributed by atoms with E-state index in [2.05, 4.69) is 41.9 Å². The second-order valence-electron chi connectivity index (χ2n) is 6.87. The highest BCUT2D eigenvalue weighted by Gasteiger charge is 1.99. The van der Waals surface area contributed by atoms with Gasteiger partial charge in [0, 0.05) is 32.6 Å². The minimum atomic E-state index is 0. The number of allylic oxidation sites excluding steroid dienone is 4.